The van der Waals surface area contributed by atoms with Crippen LogP contribution in [0.3, 0.4) is 0 Å². The fraction of sp³-hybridized carbons (Fsp3) is 0.457. The molecule has 0 aromatic heterocycles. The molecule has 0 aliphatic carbocycles. The zero-order valence-electron chi connectivity index (χ0n) is 27.3. The number of nitrogens with one attached hydrogen (secondary N) is 1. The van der Waals surface area contributed by atoms with Crippen molar-refractivity contribution in [1.29, 1.82) is 0 Å². The van der Waals surface area contributed by atoms with Gasteiger partial charge in [0.05, 0.1) is 71.5 Å². The van der Waals surface area contributed by atoms with Crippen molar-refractivity contribution in [3.8, 4) is 11.8 Å². The normalized spacial score (nSPS) is 11.6. The van der Waals surface area contributed by atoms with Crippen LogP contribution in [0, 0.1) is 11.8 Å². The van der Waals surface area contributed by atoms with Crippen molar-refractivity contribution in [2.45, 2.75) is 38.6 Å². The monoisotopic (exact) mass is 665 g/mol. The first-order chi connectivity index (χ1) is 23.4. The predicted molar refractivity (Wildman–Crippen MR) is 174 cm³/mol. The van der Waals surface area contributed by atoms with Gasteiger partial charge in [-0.25, -0.2) is 4.79 Å². The number of para-hydroxylation sites is 1. The number of nitrogens with zero attached hydrogens (tertiary/aromatic N) is 2. The molecule has 0 unspecified atom stereocenters. The van der Waals surface area contributed by atoms with Gasteiger partial charge < -0.3 is 38.8 Å². The quantitative estimate of drug-likeness (QED) is 0.0910. The molecule has 0 bridgehead atoms. The number of anilines is 1. The lowest BCUT2D eigenvalue weighted by Crippen LogP contribution is -2.34. The van der Waals surface area contributed by atoms with Gasteiger partial charge in [0, 0.05) is 50.4 Å². The first-order valence-electron chi connectivity index (χ1n) is 15.9. The molecule has 13 nitrogen and oxygen atoms in total. The van der Waals surface area contributed by atoms with E-state index in [1.165, 1.54) is 7.05 Å². The minimum atomic E-state index is -0.614. The van der Waals surface area contributed by atoms with E-state index in [0.29, 0.717) is 59.0 Å². The number of ether oxygens (including phenoxy) is 4. The Morgan fingerprint density at radius 2 is 1.38 bits per heavy atom. The van der Waals surface area contributed by atoms with E-state index in [1.807, 2.05) is 48.5 Å². The van der Waals surface area contributed by atoms with Gasteiger partial charge in [0.25, 0.3) is 5.91 Å². The first kappa shape index (κ1) is 37.8. The van der Waals surface area contributed by atoms with Gasteiger partial charge in [0.15, 0.2) is 0 Å². The summed E-state index contributed by atoms with van der Waals surface area (Å²) >= 11 is 0. The highest BCUT2D eigenvalue weighted by Gasteiger charge is 2.21. The highest BCUT2D eigenvalue weighted by atomic mass is 16.7. The number of hydrogen-bond acceptors (Lipinski definition) is 10. The molecule has 0 saturated carbocycles. The molecule has 258 valence electrons. The second-order valence-electron chi connectivity index (χ2n) is 10.5. The van der Waals surface area contributed by atoms with Gasteiger partial charge in [0.2, 0.25) is 11.8 Å². The highest BCUT2D eigenvalue weighted by molar-refractivity contribution is 5.96. The van der Waals surface area contributed by atoms with Crippen LogP contribution in [0.4, 0.5) is 5.69 Å². The Labute approximate surface area is 280 Å². The number of carbonyl (C=O) groups excluding carboxylic acids is 5. The smallest absolute Gasteiger partial charge is 0.334 e. The van der Waals surface area contributed by atoms with Gasteiger partial charge in [-0.15, -0.1) is 0 Å². The maximum absolute atomic E-state index is 13.2. The average molecular weight is 666 g/mol. The first-order valence-corrected chi connectivity index (χ1v) is 15.9. The summed E-state index contributed by atoms with van der Waals surface area (Å²) in [7, 11) is 1.31. The molecule has 1 N–H and O–H groups in total. The minimum Gasteiger partial charge on any atom is -0.378 e. The van der Waals surface area contributed by atoms with Crippen molar-refractivity contribution in [2.75, 3.05) is 71.3 Å². The maximum atomic E-state index is 13.2. The van der Waals surface area contributed by atoms with Gasteiger partial charge in [-0.2, -0.15) is 5.06 Å². The number of hydroxylamine groups is 2. The zero-order valence-corrected chi connectivity index (χ0v) is 27.3. The summed E-state index contributed by atoms with van der Waals surface area (Å²) in [6.07, 6.45) is 0.777. The third-order valence-corrected chi connectivity index (χ3v) is 6.94. The third-order valence-electron chi connectivity index (χ3n) is 6.94. The number of fused-ring (bicyclic) bond motifs is 2. The Hall–Kier alpha value is -4.61. The number of hydrogen-bond donors (Lipinski definition) is 1. The summed E-state index contributed by atoms with van der Waals surface area (Å²) in [5.41, 5.74) is 3.35. The Bertz CT molecular complexity index is 1420. The van der Waals surface area contributed by atoms with Crippen LogP contribution in [-0.2, 0) is 54.3 Å². The largest absolute Gasteiger partial charge is 0.378 e. The Balaban J connectivity index is 1.16. The zero-order chi connectivity index (χ0) is 34.4. The molecular weight excluding hydrogens is 622 g/mol. The Morgan fingerprint density at radius 3 is 2.08 bits per heavy atom. The molecule has 3 amide bonds. The van der Waals surface area contributed by atoms with E-state index >= 15 is 0 Å². The van der Waals surface area contributed by atoms with E-state index < -0.39 is 11.9 Å². The van der Waals surface area contributed by atoms with Crippen LogP contribution in [0.25, 0.3) is 0 Å². The lowest BCUT2D eigenvalue weighted by atomic mass is 10.0. The summed E-state index contributed by atoms with van der Waals surface area (Å²) in [5.74, 6) is 4.92. The number of rotatable bonds is 21. The lowest BCUT2D eigenvalue weighted by Gasteiger charge is -2.26. The molecule has 0 spiro atoms. The Kier molecular flexibility index (Phi) is 17.4. The molecule has 1 heterocycles. The molecule has 0 atom stereocenters. The molecule has 48 heavy (non-hydrogen) atoms. The SMILES string of the molecule is CN(OC(=O)CCOCCOCCOCCOCCNC(=O)CCC(=O)N1Cc2ccccc2C#Cc2ccccc21)C(=O)CCC=O. The molecule has 1 aliphatic rings. The Morgan fingerprint density at radius 1 is 0.771 bits per heavy atom. The molecule has 2 aromatic carbocycles. The van der Waals surface area contributed by atoms with Crippen LogP contribution >= 0.6 is 0 Å². The molecule has 13 heteroatoms. The molecule has 2 aromatic rings. The van der Waals surface area contributed by atoms with Crippen molar-refractivity contribution in [3.05, 3.63) is 65.2 Å². The van der Waals surface area contributed by atoms with Crippen LogP contribution in [0.15, 0.2) is 48.5 Å². The fourth-order valence-electron chi connectivity index (χ4n) is 4.42. The van der Waals surface area contributed by atoms with Crippen LogP contribution < -0.4 is 10.2 Å². The standard InChI is InChI=1S/C35H43N3O10/c1-37(33(41)11-6-18-39)48-35(43)16-19-44-21-23-46-25-26-47-24-22-45-20-17-36-32(40)14-15-34(42)38-27-30-9-3-2-7-28(30)12-13-29-8-4-5-10-31(29)38/h2-5,7-10,18H,6,11,14-17,19-27H2,1H3,(H,36,40). The third kappa shape index (κ3) is 14.0. The molecule has 3 rings (SSSR count). The van der Waals surface area contributed by atoms with Crippen LogP contribution in [0.1, 0.15) is 48.8 Å². The molecule has 1 aliphatic heterocycles. The molecule has 0 radical (unpaired) electrons. The molecule has 0 saturated heterocycles. The van der Waals surface area contributed by atoms with Crippen molar-refractivity contribution < 1.29 is 47.8 Å². The summed E-state index contributed by atoms with van der Waals surface area (Å²) < 4.78 is 21.6. The number of aldehydes is 1. The van der Waals surface area contributed by atoms with Gasteiger partial charge >= 0.3 is 5.97 Å². The lowest BCUT2D eigenvalue weighted by molar-refractivity contribution is -0.193. The van der Waals surface area contributed by atoms with Gasteiger partial charge in [-0.1, -0.05) is 42.2 Å². The van der Waals surface area contributed by atoms with Crippen LogP contribution in [0.2, 0.25) is 0 Å². The van der Waals surface area contributed by atoms with Crippen LogP contribution in [0.5, 0.6) is 0 Å². The second-order valence-corrected chi connectivity index (χ2v) is 10.5. The van der Waals surface area contributed by atoms with E-state index in [9.17, 15) is 24.0 Å². The van der Waals surface area contributed by atoms with E-state index in [1.54, 1.807) is 4.90 Å². The highest BCUT2D eigenvalue weighted by Crippen LogP contribution is 2.26. The fourth-order valence-corrected chi connectivity index (χ4v) is 4.42. The van der Waals surface area contributed by atoms with Gasteiger partial charge in [-0.3, -0.25) is 14.4 Å². The number of amides is 3. The van der Waals surface area contributed by atoms with Crippen molar-refractivity contribution >= 4 is 35.7 Å². The number of carbonyl (C=O) groups is 5. The summed E-state index contributed by atoms with van der Waals surface area (Å²) in [5, 5.41) is 3.60. The topological polar surface area (TPSA) is 150 Å². The van der Waals surface area contributed by atoms with E-state index in [4.69, 9.17) is 23.8 Å². The van der Waals surface area contributed by atoms with Crippen molar-refractivity contribution in [2.24, 2.45) is 0 Å². The molecule has 0 fully saturated rings. The van der Waals surface area contributed by atoms with E-state index in [2.05, 4.69) is 17.2 Å². The minimum absolute atomic E-state index is 0.0207. The summed E-state index contributed by atoms with van der Waals surface area (Å²) in [4.78, 5) is 65.8. The average Bonchev–Trinajstić information content (AvgIpc) is 3.08. The van der Waals surface area contributed by atoms with Crippen molar-refractivity contribution in [1.82, 2.24) is 10.4 Å². The van der Waals surface area contributed by atoms with Gasteiger partial charge in [-0.05, 0) is 23.8 Å². The van der Waals surface area contributed by atoms with Crippen molar-refractivity contribution in [3.63, 3.8) is 0 Å². The van der Waals surface area contributed by atoms with Crippen LogP contribution in [-0.4, -0.2) is 101 Å². The second kappa shape index (κ2) is 22.0. The van der Waals surface area contributed by atoms with E-state index in [0.717, 1.165) is 27.4 Å². The summed E-state index contributed by atoms with van der Waals surface area (Å²) in [6.45, 7) is 3.16. The van der Waals surface area contributed by atoms with E-state index in [-0.39, 0.29) is 57.1 Å². The maximum Gasteiger partial charge on any atom is 0.334 e. The molecular formula is C35H43N3O10. The summed E-state index contributed by atoms with van der Waals surface area (Å²) in [6, 6.07) is 15.3. The predicted octanol–water partition coefficient (Wildman–Crippen LogP) is 2.18. The van der Waals surface area contributed by atoms with Gasteiger partial charge in [0.1, 0.15) is 6.29 Å². The number of benzene rings is 2.